The zero-order chi connectivity index (χ0) is 98.3. The van der Waals surface area contributed by atoms with Crippen LogP contribution in [0.4, 0.5) is 4.79 Å². The van der Waals surface area contributed by atoms with Crippen LogP contribution in [0.5, 0.6) is 5.75 Å². The van der Waals surface area contributed by atoms with Crippen LogP contribution in [0.3, 0.4) is 0 Å². The summed E-state index contributed by atoms with van der Waals surface area (Å²) in [6.07, 6.45) is -7.36. The molecule has 44 heteroatoms. The number of methoxy groups -OCH3 is 1. The summed E-state index contributed by atoms with van der Waals surface area (Å²) >= 11 is 5.01. The lowest BCUT2D eigenvalue weighted by Gasteiger charge is -2.36. The van der Waals surface area contributed by atoms with Gasteiger partial charge in [0, 0.05) is 89.8 Å². The maximum Gasteiger partial charge on any atom is 0.509 e. The van der Waals surface area contributed by atoms with Gasteiger partial charge in [-0.05, 0) is 137 Å². The average molecular weight is 1910 g/mol. The fourth-order valence-corrected chi connectivity index (χ4v) is 17.1. The van der Waals surface area contributed by atoms with Crippen molar-refractivity contribution in [2.75, 3.05) is 65.5 Å². The molecule has 2 aromatic rings. The standard InChI is InChI=1S/C88H129N13O28S3/c1-14-51(8)57-32-35-73(109)129-75(50(6)7)67(102)45-70(105)92-61(41-48(2)3)80(114)101-38-20-24-64(101)82(116)99(12)66(44-55-26-28-56(125-13)29-27-55)86(123)127-52(9)74(78(112)93-57)97-77(111)65(42-49(4)5)98(11)81(115)63-23-19-37-100(63)79(113)53(10)128-88(124)126-39-40-131-132-47-62(85(121)122)94-76(110)60(43-54-21-16-15-17-22-54)91-71(106)46-90-68(103)25-18-36-89-69(104)33-30-58(83(117)118)95-87(130)96-59(84(119)120)31-34-72(107)108/h15-17,21-22,26-29,48-53,57-66,74-75H,14,18-20,23-25,30-47H2,1-13H3,(H,89,104)(H,90,103)(H,91,106)(H,92,105)(H,93,112)(H,94,110)(H,97,111)(H,107,108)(H,117,118)(H,119,120)(H,121,122)(H2,95,96,130). The first-order valence-electron chi connectivity index (χ1n) is 44.2. The van der Waals surface area contributed by atoms with E-state index < -0.39 is 228 Å². The van der Waals surface area contributed by atoms with Gasteiger partial charge >= 0.3 is 42.0 Å². The molecule has 3 aliphatic rings. The Morgan fingerprint density at radius 2 is 1.33 bits per heavy atom. The number of carboxylic acids is 4. The highest BCUT2D eigenvalue weighted by Crippen LogP contribution is 2.29. The average Bonchev–Trinajstić information content (AvgIpc) is 1.54. The third-order valence-electron chi connectivity index (χ3n) is 22.4. The number of esters is 2. The minimum atomic E-state index is -1.77. The highest BCUT2D eigenvalue weighted by atomic mass is 33.1. The van der Waals surface area contributed by atoms with Gasteiger partial charge in [-0.15, -0.1) is 0 Å². The summed E-state index contributed by atoms with van der Waals surface area (Å²) in [7, 11) is 6.23. The first kappa shape index (κ1) is 111. The number of ketones is 1. The van der Waals surface area contributed by atoms with Crippen LogP contribution in [0.2, 0.25) is 0 Å². The van der Waals surface area contributed by atoms with Crippen LogP contribution in [-0.4, -0.2) is 308 Å². The number of carboxylic acid groups (broad SMARTS) is 4. The Bertz CT molecular complexity index is 4340. The molecule has 0 saturated carbocycles. The molecule has 2 aromatic carbocycles. The van der Waals surface area contributed by atoms with Crippen LogP contribution in [-0.2, 0) is 118 Å². The number of fused-ring (bicyclic) bond motifs is 1. The summed E-state index contributed by atoms with van der Waals surface area (Å²) in [6.45, 7) is 15.9. The number of hydrogen-bond donors (Lipinski definition) is 13. The van der Waals surface area contributed by atoms with Crippen LogP contribution < -0.4 is 52.6 Å². The molecule has 13 N–H and O–H groups in total. The van der Waals surface area contributed by atoms with Gasteiger partial charge in [0.1, 0.15) is 78.9 Å². The molecule has 3 heterocycles. The van der Waals surface area contributed by atoms with Gasteiger partial charge in [-0.25, -0.2) is 24.0 Å². The number of aliphatic carboxylic acids is 4. The highest BCUT2D eigenvalue weighted by molar-refractivity contribution is 8.76. The van der Waals surface area contributed by atoms with E-state index in [0.29, 0.717) is 36.1 Å². The Morgan fingerprint density at radius 3 is 1.93 bits per heavy atom. The van der Waals surface area contributed by atoms with Crippen molar-refractivity contribution in [1.29, 1.82) is 0 Å². The summed E-state index contributed by atoms with van der Waals surface area (Å²) in [5, 5.41) is 60.8. The molecule has 0 radical (unpaired) electrons. The number of benzene rings is 2. The lowest BCUT2D eigenvalue weighted by Crippen LogP contribution is -2.61. The minimum Gasteiger partial charge on any atom is -0.497 e. The number of amides is 11. The van der Waals surface area contributed by atoms with E-state index in [1.165, 1.54) is 49.8 Å². The minimum absolute atomic E-state index is 0.0214. The van der Waals surface area contributed by atoms with E-state index >= 15 is 19.2 Å². The van der Waals surface area contributed by atoms with Crippen molar-refractivity contribution in [2.45, 2.75) is 270 Å². The summed E-state index contributed by atoms with van der Waals surface area (Å²) in [5.41, 5.74) is 1.12. The molecule has 15 unspecified atom stereocenters. The molecule has 0 aliphatic carbocycles. The fraction of sp³-hybridized carbons (Fsp3) is 0.636. The van der Waals surface area contributed by atoms with Gasteiger partial charge in [0.25, 0.3) is 5.91 Å². The van der Waals surface area contributed by atoms with Crippen molar-refractivity contribution in [2.24, 2.45) is 23.7 Å². The second-order valence-electron chi connectivity index (χ2n) is 34.0. The summed E-state index contributed by atoms with van der Waals surface area (Å²) in [6, 6.07) is 0.324. The number of cyclic esters (lactones) is 2. The van der Waals surface area contributed by atoms with Crippen molar-refractivity contribution in [3.63, 3.8) is 0 Å². The highest BCUT2D eigenvalue weighted by Gasteiger charge is 2.46. The second kappa shape index (κ2) is 55.8. The van der Waals surface area contributed by atoms with E-state index in [0.717, 1.165) is 26.5 Å². The smallest absolute Gasteiger partial charge is 0.497 e. The van der Waals surface area contributed by atoms with E-state index in [1.54, 1.807) is 82.3 Å². The lowest BCUT2D eigenvalue weighted by atomic mass is 9.94. The first-order valence-corrected chi connectivity index (χ1v) is 47.1. The fourth-order valence-electron chi connectivity index (χ4n) is 14.9. The lowest BCUT2D eigenvalue weighted by molar-refractivity contribution is -0.162. The van der Waals surface area contributed by atoms with Crippen LogP contribution in [0.15, 0.2) is 54.6 Å². The van der Waals surface area contributed by atoms with Gasteiger partial charge in [-0.1, -0.05) is 126 Å². The molecule has 0 bridgehead atoms. The molecule has 15 atom stereocenters. The predicted molar refractivity (Wildman–Crippen MR) is 484 cm³/mol. The van der Waals surface area contributed by atoms with Gasteiger partial charge in [0.15, 0.2) is 23.1 Å². The third kappa shape index (κ3) is 37.0. The number of likely N-dealkylation sites (tertiary alicyclic amines) is 1. The van der Waals surface area contributed by atoms with Gasteiger partial charge in [0.05, 0.1) is 20.1 Å². The Balaban J connectivity index is 1.23. The molecule has 0 spiro atoms. The topological polar surface area (TPSA) is 573 Å². The SMILES string of the molecule is CCC(C)C1CCC(=O)OC(C(C)C)C(=O)CC(=O)NC(CC(C)C)C(=O)N2CCCC2C(=O)N(C)C(Cc2ccc(OC)cc2)C(=O)OC(C)C(NC(=O)C(CC(C)C)N(C)C(=O)C2CCCN2C(=O)C(C)OC(=O)OCCSSCC(NC(=O)C(Cc2ccccc2)NC(=O)CNC(=O)CCCNC(=O)CCC(NC(=S)NC(CCC(=O)O)C(=O)O)C(=O)O)C(=O)O)C(=O)N1. The second-order valence-corrected chi connectivity index (χ2v) is 37.0. The summed E-state index contributed by atoms with van der Waals surface area (Å²) in [5.74, 6) is -17.6. The van der Waals surface area contributed by atoms with Gasteiger partial charge in [0.2, 0.25) is 59.1 Å². The van der Waals surface area contributed by atoms with Gasteiger partial charge < -0.3 is 112 Å². The summed E-state index contributed by atoms with van der Waals surface area (Å²) in [4.78, 5) is 264. The van der Waals surface area contributed by atoms with E-state index in [-0.39, 0.29) is 139 Å². The molecule has 132 heavy (non-hydrogen) atoms. The number of rotatable bonds is 44. The van der Waals surface area contributed by atoms with E-state index in [9.17, 15) is 87.2 Å². The molecule has 11 amide bonds. The molecule has 3 saturated heterocycles. The number of carbonyl (C=O) groups excluding carboxylic acids is 15. The van der Waals surface area contributed by atoms with Crippen molar-refractivity contribution in [3.8, 4) is 5.75 Å². The largest absolute Gasteiger partial charge is 0.509 e. The molecular formula is C88H129N13O28S3. The van der Waals surface area contributed by atoms with E-state index in [2.05, 4.69) is 47.9 Å². The Kier molecular flexibility index (Phi) is 46.9. The van der Waals surface area contributed by atoms with E-state index in [4.69, 9.17) is 41.0 Å². The number of ether oxygens (including phenoxy) is 5. The third-order valence-corrected chi connectivity index (χ3v) is 25.0. The van der Waals surface area contributed by atoms with Crippen LogP contribution in [0.1, 0.15) is 183 Å². The number of nitrogens with one attached hydrogen (secondary N) is 9. The molecule has 0 aromatic heterocycles. The van der Waals surface area contributed by atoms with Crippen LogP contribution in [0.25, 0.3) is 0 Å². The maximum absolute atomic E-state index is 15.3. The number of hydrogen-bond acceptors (Lipinski definition) is 27. The number of carbonyl (C=O) groups is 19. The zero-order valence-electron chi connectivity index (χ0n) is 76.9. The van der Waals surface area contributed by atoms with Crippen LogP contribution >= 0.6 is 33.8 Å². The number of likely N-dealkylation sites (N-methyl/N-ethyl adjacent to an activating group) is 2. The number of thiocarbonyl (C=S) groups is 1. The van der Waals surface area contributed by atoms with Crippen molar-refractivity contribution in [1.82, 2.24) is 67.5 Å². The normalized spacial score (nSPS) is 20.6. The molecule has 3 aliphatic heterocycles. The molecule has 41 nitrogen and oxygen atoms in total. The predicted octanol–water partition coefficient (Wildman–Crippen LogP) is 2.97. The number of nitrogens with zero attached hydrogens (tertiary/aromatic N) is 4. The van der Waals surface area contributed by atoms with E-state index in [1.807, 2.05) is 27.7 Å². The van der Waals surface area contributed by atoms with Crippen molar-refractivity contribution in [3.05, 3.63) is 65.7 Å². The molecular weight excluding hydrogens is 1780 g/mol. The monoisotopic (exact) mass is 1910 g/mol. The van der Waals surface area contributed by atoms with Gasteiger partial charge in [-0.2, -0.15) is 0 Å². The number of Topliss-reactive ketones (excluding diaryl/α,β-unsaturated/α-hetero) is 1. The summed E-state index contributed by atoms with van der Waals surface area (Å²) < 4.78 is 28.1. The molecule has 5 rings (SSSR count). The van der Waals surface area contributed by atoms with Gasteiger partial charge in [-0.3, -0.25) is 67.1 Å². The Hall–Kier alpha value is -11.4. The van der Waals surface area contributed by atoms with Crippen LogP contribution in [0, 0.1) is 23.7 Å². The molecule has 3 fully saturated rings. The first-order chi connectivity index (χ1) is 62.3. The van der Waals surface area contributed by atoms with Crippen molar-refractivity contribution >= 4 is 152 Å². The molecule has 732 valence electrons. The van der Waals surface area contributed by atoms with Crippen molar-refractivity contribution < 1.29 is 135 Å². The Morgan fingerprint density at radius 1 is 0.689 bits per heavy atom. The maximum atomic E-state index is 15.3. The quantitative estimate of drug-likeness (QED) is 0.0113. The zero-order valence-corrected chi connectivity index (χ0v) is 79.3. The Labute approximate surface area is 780 Å².